The maximum Gasteiger partial charge on any atom is 0.118 e. The Morgan fingerprint density at radius 2 is 2.07 bits per heavy atom. The molecule has 0 N–H and O–H groups in total. The summed E-state index contributed by atoms with van der Waals surface area (Å²) in [6.45, 7) is 2.11. The third-order valence-corrected chi connectivity index (χ3v) is 4.29. The number of aryl methyl sites for hydroxylation is 1. The van der Waals surface area contributed by atoms with Crippen molar-refractivity contribution in [3.8, 4) is 0 Å². The lowest BCUT2D eigenvalue weighted by molar-refractivity contribution is 1.02. The predicted molar refractivity (Wildman–Crippen MR) is 70.1 cm³/mol. The van der Waals surface area contributed by atoms with Crippen molar-refractivity contribution in [2.75, 3.05) is 0 Å². The van der Waals surface area contributed by atoms with Gasteiger partial charge in [-0.1, -0.05) is 30.0 Å². The molecule has 0 aliphatic carbocycles. The minimum Gasteiger partial charge on any atom is -0.244 e. The van der Waals surface area contributed by atoms with Crippen molar-refractivity contribution in [3.05, 3.63) is 45.9 Å². The summed E-state index contributed by atoms with van der Waals surface area (Å²) in [4.78, 5) is 9.48. The maximum atomic E-state index is 4.26. The van der Waals surface area contributed by atoms with Crippen molar-refractivity contribution < 1.29 is 0 Å². The van der Waals surface area contributed by atoms with Gasteiger partial charge < -0.3 is 0 Å². The summed E-state index contributed by atoms with van der Waals surface area (Å²) >= 11 is 3.94. The second kappa shape index (κ2) is 4.94. The highest BCUT2D eigenvalue weighted by atomic mass is 127. The van der Waals surface area contributed by atoms with Crippen LogP contribution in [0.2, 0.25) is 0 Å². The number of halogens is 1. The van der Waals surface area contributed by atoms with E-state index >= 15 is 0 Å². The largest absolute Gasteiger partial charge is 0.244 e. The molecule has 0 spiro atoms. The van der Waals surface area contributed by atoms with Crippen molar-refractivity contribution in [1.29, 1.82) is 0 Å². The monoisotopic (exact) mass is 328 g/mol. The van der Waals surface area contributed by atoms with Gasteiger partial charge in [0.15, 0.2) is 0 Å². The molecule has 2 nitrogen and oxygen atoms in total. The predicted octanol–water partition coefficient (Wildman–Crippen LogP) is 3.54. The molecule has 0 aliphatic rings. The fourth-order valence-corrected chi connectivity index (χ4v) is 2.62. The third kappa shape index (κ3) is 2.69. The fraction of sp³-hybridized carbons (Fsp3) is 0.0909. The van der Waals surface area contributed by atoms with Gasteiger partial charge in [-0.25, -0.2) is 9.97 Å². The van der Waals surface area contributed by atoms with Gasteiger partial charge in [0.05, 0.1) is 3.57 Å². The first-order valence-corrected chi connectivity index (χ1v) is 6.36. The molecule has 0 amide bonds. The second-order valence-electron chi connectivity index (χ2n) is 3.04. The second-order valence-corrected chi connectivity index (χ2v) is 5.24. The molecular weight excluding hydrogens is 319 g/mol. The molecule has 2 rings (SSSR count). The van der Waals surface area contributed by atoms with Crippen molar-refractivity contribution in [2.24, 2.45) is 0 Å². The first-order valence-electron chi connectivity index (χ1n) is 4.46. The minimum absolute atomic E-state index is 1.01. The van der Waals surface area contributed by atoms with Crippen LogP contribution in [-0.4, -0.2) is 9.97 Å². The molecule has 4 heteroatoms. The van der Waals surface area contributed by atoms with E-state index in [2.05, 4.69) is 51.6 Å². The molecular formula is C11H9IN2S. The minimum atomic E-state index is 1.01. The van der Waals surface area contributed by atoms with E-state index in [1.54, 1.807) is 18.1 Å². The molecule has 15 heavy (non-hydrogen) atoms. The van der Waals surface area contributed by atoms with Crippen LogP contribution in [-0.2, 0) is 0 Å². The van der Waals surface area contributed by atoms with Gasteiger partial charge in [0, 0.05) is 11.1 Å². The highest BCUT2D eigenvalue weighted by molar-refractivity contribution is 14.1. The Hall–Kier alpha value is -0.620. The van der Waals surface area contributed by atoms with E-state index in [4.69, 9.17) is 0 Å². The van der Waals surface area contributed by atoms with E-state index in [1.165, 1.54) is 10.5 Å². The summed E-state index contributed by atoms with van der Waals surface area (Å²) in [7, 11) is 0. The lowest BCUT2D eigenvalue weighted by Crippen LogP contribution is -1.87. The quantitative estimate of drug-likeness (QED) is 0.623. The van der Waals surface area contributed by atoms with E-state index in [0.717, 1.165) is 8.60 Å². The Labute approximate surface area is 107 Å². The van der Waals surface area contributed by atoms with Crippen LogP contribution in [0.15, 0.2) is 46.7 Å². The van der Waals surface area contributed by atoms with Gasteiger partial charge in [-0.2, -0.15) is 0 Å². The van der Waals surface area contributed by atoms with E-state index in [1.807, 2.05) is 18.3 Å². The molecule has 1 aromatic carbocycles. The molecule has 0 fully saturated rings. The molecule has 2 aromatic rings. The van der Waals surface area contributed by atoms with Crippen molar-refractivity contribution in [3.63, 3.8) is 0 Å². The Morgan fingerprint density at radius 1 is 1.27 bits per heavy atom. The van der Waals surface area contributed by atoms with E-state index < -0.39 is 0 Å². The third-order valence-electron chi connectivity index (χ3n) is 1.93. The SMILES string of the molecule is Cc1ccccc1Sc1ncncc1I. The standard InChI is InChI=1S/C11H9IN2S/c1-8-4-2-3-5-10(8)15-11-9(12)6-13-7-14-11/h2-7H,1H3. The Morgan fingerprint density at radius 3 is 2.80 bits per heavy atom. The topological polar surface area (TPSA) is 25.8 Å². The van der Waals surface area contributed by atoms with Gasteiger partial charge in [0.1, 0.15) is 11.4 Å². The number of aromatic nitrogens is 2. The number of hydrogen-bond acceptors (Lipinski definition) is 3. The highest BCUT2D eigenvalue weighted by Crippen LogP contribution is 2.30. The summed E-state index contributed by atoms with van der Waals surface area (Å²) in [5.41, 5.74) is 1.27. The summed E-state index contributed by atoms with van der Waals surface area (Å²) in [5, 5.41) is 1.01. The van der Waals surface area contributed by atoms with Crippen LogP contribution >= 0.6 is 34.4 Å². The lowest BCUT2D eigenvalue weighted by atomic mass is 10.2. The molecule has 0 atom stereocenters. The van der Waals surface area contributed by atoms with Crippen LogP contribution in [0.4, 0.5) is 0 Å². The van der Waals surface area contributed by atoms with Crippen LogP contribution in [0, 0.1) is 10.5 Å². The lowest BCUT2D eigenvalue weighted by Gasteiger charge is -2.04. The van der Waals surface area contributed by atoms with E-state index in [0.29, 0.717) is 0 Å². The van der Waals surface area contributed by atoms with Crippen LogP contribution in [0.5, 0.6) is 0 Å². The maximum absolute atomic E-state index is 4.26. The summed E-state index contributed by atoms with van der Waals surface area (Å²) < 4.78 is 1.09. The van der Waals surface area contributed by atoms with Gasteiger partial charge in [0.2, 0.25) is 0 Å². The van der Waals surface area contributed by atoms with Gasteiger partial charge in [-0.15, -0.1) is 0 Å². The Bertz CT molecular complexity index is 430. The van der Waals surface area contributed by atoms with Crippen molar-refractivity contribution in [1.82, 2.24) is 9.97 Å². The molecule has 1 heterocycles. The van der Waals surface area contributed by atoms with Gasteiger partial charge in [-0.3, -0.25) is 0 Å². The fourth-order valence-electron chi connectivity index (χ4n) is 1.15. The number of hydrogen-bond donors (Lipinski definition) is 0. The molecule has 0 saturated carbocycles. The zero-order valence-electron chi connectivity index (χ0n) is 8.14. The molecule has 0 bridgehead atoms. The molecule has 0 unspecified atom stereocenters. The summed E-state index contributed by atoms with van der Waals surface area (Å²) in [5.74, 6) is 0. The Balaban J connectivity index is 2.30. The van der Waals surface area contributed by atoms with E-state index in [9.17, 15) is 0 Å². The van der Waals surface area contributed by atoms with Crippen molar-refractivity contribution >= 4 is 34.4 Å². The average molecular weight is 328 g/mol. The van der Waals surface area contributed by atoms with Gasteiger partial charge >= 0.3 is 0 Å². The smallest absolute Gasteiger partial charge is 0.118 e. The van der Waals surface area contributed by atoms with Gasteiger partial charge in [0.25, 0.3) is 0 Å². The molecule has 0 saturated heterocycles. The number of nitrogens with zero attached hydrogens (tertiary/aromatic N) is 2. The zero-order chi connectivity index (χ0) is 10.7. The molecule has 76 valence electrons. The molecule has 0 radical (unpaired) electrons. The zero-order valence-corrected chi connectivity index (χ0v) is 11.1. The first kappa shape index (κ1) is 10.9. The average Bonchev–Trinajstić information content (AvgIpc) is 2.24. The molecule has 1 aromatic heterocycles. The van der Waals surface area contributed by atoms with Crippen LogP contribution in [0.1, 0.15) is 5.56 Å². The number of benzene rings is 1. The van der Waals surface area contributed by atoms with Crippen LogP contribution in [0.3, 0.4) is 0 Å². The summed E-state index contributed by atoms with van der Waals surface area (Å²) in [6.07, 6.45) is 3.41. The molecule has 0 aliphatic heterocycles. The van der Waals surface area contributed by atoms with Crippen LogP contribution in [0.25, 0.3) is 0 Å². The first-order chi connectivity index (χ1) is 7.27. The summed E-state index contributed by atoms with van der Waals surface area (Å²) in [6, 6.07) is 8.31. The van der Waals surface area contributed by atoms with Crippen LogP contribution < -0.4 is 0 Å². The van der Waals surface area contributed by atoms with Gasteiger partial charge in [-0.05, 0) is 41.1 Å². The highest BCUT2D eigenvalue weighted by Gasteiger charge is 2.04. The number of rotatable bonds is 2. The normalized spacial score (nSPS) is 10.3. The van der Waals surface area contributed by atoms with E-state index in [-0.39, 0.29) is 0 Å². The van der Waals surface area contributed by atoms with Crippen molar-refractivity contribution in [2.45, 2.75) is 16.8 Å². The Kier molecular flexibility index (Phi) is 3.58.